The third-order valence-electron chi connectivity index (χ3n) is 2.01. The van der Waals surface area contributed by atoms with Crippen LogP contribution in [0, 0.1) is 0 Å². The minimum atomic E-state index is -0.454. The first-order valence-electron chi connectivity index (χ1n) is 5.23. The van der Waals surface area contributed by atoms with Gasteiger partial charge in [-0.05, 0) is 26.0 Å². The van der Waals surface area contributed by atoms with E-state index in [1.807, 2.05) is 0 Å². The molecule has 0 amide bonds. The first-order chi connectivity index (χ1) is 8.04. The van der Waals surface area contributed by atoms with Gasteiger partial charge in [0.25, 0.3) is 0 Å². The van der Waals surface area contributed by atoms with Gasteiger partial charge in [-0.2, -0.15) is 0 Å². The van der Waals surface area contributed by atoms with E-state index in [1.165, 1.54) is 13.0 Å². The van der Waals surface area contributed by atoms with Gasteiger partial charge in [0.1, 0.15) is 5.76 Å². The Morgan fingerprint density at radius 2 is 2.00 bits per heavy atom. The molecule has 0 aliphatic heterocycles. The summed E-state index contributed by atoms with van der Waals surface area (Å²) in [5, 5.41) is 9.62. The number of aliphatic hydroxyl groups excluding tert-OH is 1. The molecule has 0 spiro atoms. The van der Waals surface area contributed by atoms with E-state index in [1.54, 1.807) is 25.1 Å². The Morgan fingerprint density at radius 1 is 1.35 bits per heavy atom. The van der Waals surface area contributed by atoms with Crippen molar-refractivity contribution in [2.24, 2.45) is 0 Å². The van der Waals surface area contributed by atoms with Crippen LogP contribution in [0.25, 0.3) is 5.76 Å². The molecule has 90 valence electrons. The number of hydrogen-bond acceptors (Lipinski definition) is 4. The molecule has 0 atom stereocenters. The highest BCUT2D eigenvalue weighted by molar-refractivity contribution is 5.94. The number of aliphatic hydroxyl groups is 1. The summed E-state index contributed by atoms with van der Waals surface area (Å²) >= 11 is 0. The number of esters is 1. The quantitative estimate of drug-likeness (QED) is 0.493. The predicted molar refractivity (Wildman–Crippen MR) is 63.7 cm³/mol. The number of allylic oxidation sites excluding steroid dienone is 1. The van der Waals surface area contributed by atoms with E-state index >= 15 is 0 Å². The lowest BCUT2D eigenvalue weighted by atomic mass is 10.1. The van der Waals surface area contributed by atoms with Crippen molar-refractivity contribution in [1.29, 1.82) is 0 Å². The molecule has 1 N–H and O–H groups in total. The average molecular weight is 234 g/mol. The zero-order valence-electron chi connectivity index (χ0n) is 9.77. The van der Waals surface area contributed by atoms with Crippen molar-refractivity contribution in [2.75, 3.05) is 6.61 Å². The molecule has 0 bridgehead atoms. The third-order valence-corrected chi connectivity index (χ3v) is 2.01. The number of rotatable bonds is 4. The van der Waals surface area contributed by atoms with Crippen LogP contribution in [-0.2, 0) is 9.53 Å². The van der Waals surface area contributed by atoms with Gasteiger partial charge in [0.15, 0.2) is 5.78 Å². The highest BCUT2D eigenvalue weighted by Gasteiger charge is 2.08. The Kier molecular flexibility index (Phi) is 4.46. The van der Waals surface area contributed by atoms with Crippen molar-refractivity contribution in [3.63, 3.8) is 0 Å². The largest absolute Gasteiger partial charge is 0.507 e. The van der Waals surface area contributed by atoms with Gasteiger partial charge in [-0.15, -0.1) is 0 Å². The molecule has 4 heteroatoms. The number of ether oxygens (including phenoxy) is 1. The molecular weight excluding hydrogens is 220 g/mol. The number of ketones is 1. The maximum absolute atomic E-state index is 11.5. The van der Waals surface area contributed by atoms with Crippen LogP contribution in [0.5, 0.6) is 0 Å². The molecule has 1 aromatic rings. The number of benzene rings is 1. The molecule has 1 rings (SSSR count). The predicted octanol–water partition coefficient (Wildman–Crippen LogP) is 2.35. The van der Waals surface area contributed by atoms with Gasteiger partial charge in [0, 0.05) is 11.6 Å². The zero-order valence-corrected chi connectivity index (χ0v) is 9.77. The summed E-state index contributed by atoms with van der Waals surface area (Å²) in [4.78, 5) is 22.3. The fourth-order valence-electron chi connectivity index (χ4n) is 1.30. The van der Waals surface area contributed by atoms with Crippen LogP contribution in [0.4, 0.5) is 0 Å². The van der Waals surface area contributed by atoms with Crippen molar-refractivity contribution in [1.82, 2.24) is 0 Å². The summed E-state index contributed by atoms with van der Waals surface area (Å²) in [6.45, 7) is 3.35. The average Bonchev–Trinajstić information content (AvgIpc) is 2.28. The highest BCUT2D eigenvalue weighted by Crippen LogP contribution is 2.14. The standard InChI is InChI=1S/C13H14O4/c1-3-17-13(16)11-6-4-5-10(8-11)12(15)7-9(2)14/h4-8,15H,3H2,1-2H3. The summed E-state index contributed by atoms with van der Waals surface area (Å²) in [5.41, 5.74) is 0.749. The van der Waals surface area contributed by atoms with Crippen LogP contribution in [0.3, 0.4) is 0 Å². The van der Waals surface area contributed by atoms with Gasteiger partial charge in [0.2, 0.25) is 0 Å². The van der Waals surface area contributed by atoms with Crippen LogP contribution >= 0.6 is 0 Å². The Hall–Kier alpha value is -2.10. The smallest absolute Gasteiger partial charge is 0.338 e. The molecule has 0 aliphatic rings. The number of carbonyl (C=O) groups is 2. The minimum Gasteiger partial charge on any atom is -0.507 e. The lowest BCUT2D eigenvalue weighted by molar-refractivity contribution is -0.112. The summed E-state index contributed by atoms with van der Waals surface area (Å²) in [6, 6.07) is 6.29. The first-order valence-corrected chi connectivity index (χ1v) is 5.23. The first kappa shape index (κ1) is 13.0. The molecule has 0 fully saturated rings. The van der Waals surface area contributed by atoms with Crippen LogP contribution < -0.4 is 0 Å². The normalized spacial score (nSPS) is 11.1. The third kappa shape index (κ3) is 3.75. The summed E-state index contributed by atoms with van der Waals surface area (Å²) in [6.07, 6.45) is 1.10. The molecule has 4 nitrogen and oxygen atoms in total. The molecule has 17 heavy (non-hydrogen) atoms. The van der Waals surface area contributed by atoms with Gasteiger partial charge >= 0.3 is 5.97 Å². The summed E-state index contributed by atoms with van der Waals surface area (Å²) < 4.78 is 4.84. The highest BCUT2D eigenvalue weighted by atomic mass is 16.5. The van der Waals surface area contributed by atoms with E-state index in [2.05, 4.69) is 0 Å². The fourth-order valence-corrected chi connectivity index (χ4v) is 1.30. The molecule has 0 aromatic heterocycles. The molecule has 0 saturated heterocycles. The molecule has 0 unspecified atom stereocenters. The second kappa shape index (κ2) is 5.84. The van der Waals surface area contributed by atoms with Gasteiger partial charge in [-0.1, -0.05) is 12.1 Å². The van der Waals surface area contributed by atoms with Crippen LogP contribution in [0.2, 0.25) is 0 Å². The Morgan fingerprint density at radius 3 is 2.59 bits per heavy atom. The van der Waals surface area contributed by atoms with E-state index in [-0.39, 0.29) is 11.5 Å². The number of hydrogen-bond donors (Lipinski definition) is 1. The Labute approximate surface area is 99.5 Å². The maximum Gasteiger partial charge on any atom is 0.338 e. The van der Waals surface area contributed by atoms with Crippen molar-refractivity contribution in [3.8, 4) is 0 Å². The van der Waals surface area contributed by atoms with E-state index in [4.69, 9.17) is 4.74 Å². The SMILES string of the molecule is CCOC(=O)c1cccc(C(O)=CC(C)=O)c1. The monoisotopic (exact) mass is 234 g/mol. The summed E-state index contributed by atoms with van der Waals surface area (Å²) in [5.74, 6) is -0.877. The molecule has 0 radical (unpaired) electrons. The van der Waals surface area contributed by atoms with Gasteiger partial charge in [0.05, 0.1) is 12.2 Å². The second-order valence-corrected chi connectivity index (χ2v) is 3.44. The number of carbonyl (C=O) groups excluding carboxylic acids is 2. The lowest BCUT2D eigenvalue weighted by Gasteiger charge is -2.04. The van der Waals surface area contributed by atoms with E-state index in [0.717, 1.165) is 6.08 Å². The van der Waals surface area contributed by atoms with Crippen molar-refractivity contribution >= 4 is 17.5 Å². The van der Waals surface area contributed by atoms with Crippen LogP contribution in [-0.4, -0.2) is 23.5 Å². The second-order valence-electron chi connectivity index (χ2n) is 3.44. The molecule has 0 heterocycles. The van der Waals surface area contributed by atoms with E-state index in [9.17, 15) is 14.7 Å². The lowest BCUT2D eigenvalue weighted by Crippen LogP contribution is -2.04. The Balaban J connectivity index is 3.01. The maximum atomic E-state index is 11.5. The fraction of sp³-hybridized carbons (Fsp3) is 0.231. The van der Waals surface area contributed by atoms with Gasteiger partial charge in [-0.3, -0.25) is 4.79 Å². The molecule has 0 aliphatic carbocycles. The Bertz CT molecular complexity index is 460. The van der Waals surface area contributed by atoms with E-state index in [0.29, 0.717) is 17.7 Å². The minimum absolute atomic E-state index is 0.163. The van der Waals surface area contributed by atoms with Crippen LogP contribution in [0.1, 0.15) is 29.8 Å². The van der Waals surface area contributed by atoms with Crippen LogP contribution in [0.15, 0.2) is 30.3 Å². The zero-order chi connectivity index (χ0) is 12.8. The van der Waals surface area contributed by atoms with Crippen molar-refractivity contribution < 1.29 is 19.4 Å². The van der Waals surface area contributed by atoms with Gasteiger partial charge in [-0.25, -0.2) is 4.79 Å². The van der Waals surface area contributed by atoms with Crippen molar-refractivity contribution in [3.05, 3.63) is 41.5 Å². The van der Waals surface area contributed by atoms with E-state index < -0.39 is 5.97 Å². The van der Waals surface area contributed by atoms with Crippen molar-refractivity contribution in [2.45, 2.75) is 13.8 Å². The molecular formula is C13H14O4. The summed E-state index contributed by atoms with van der Waals surface area (Å²) in [7, 11) is 0. The topological polar surface area (TPSA) is 63.6 Å². The van der Waals surface area contributed by atoms with Gasteiger partial charge < -0.3 is 9.84 Å². The molecule has 1 aromatic carbocycles. The molecule has 0 saturated carbocycles.